The van der Waals surface area contributed by atoms with E-state index in [0.29, 0.717) is 20.2 Å². The van der Waals surface area contributed by atoms with Crippen molar-refractivity contribution < 1.29 is 9.90 Å². The van der Waals surface area contributed by atoms with Gasteiger partial charge in [0.1, 0.15) is 17.4 Å². The second-order valence-electron chi connectivity index (χ2n) is 5.01. The van der Waals surface area contributed by atoms with Gasteiger partial charge in [-0.1, -0.05) is 19.1 Å². The summed E-state index contributed by atoms with van der Waals surface area (Å²) >= 11 is 6.44. The standard InChI is InChI=1S/C18H14Br2N2O2/c1-2-11-3-5-14(6-4-11)22-18(24)13(10-21)7-12-8-15(19)17(23)16(20)9-12/h3-9,23H,2H2,1H3,(H,22,24)/b13-7+. The number of halogens is 2. The zero-order chi connectivity index (χ0) is 17.7. The quantitative estimate of drug-likeness (QED) is 0.508. The molecule has 2 aromatic rings. The van der Waals surface area contributed by atoms with Crippen molar-refractivity contribution in [1.29, 1.82) is 5.26 Å². The van der Waals surface area contributed by atoms with Crippen LogP contribution in [-0.2, 0) is 11.2 Å². The first-order chi connectivity index (χ1) is 11.4. The van der Waals surface area contributed by atoms with Crippen molar-refractivity contribution in [3.8, 4) is 11.8 Å². The average Bonchev–Trinajstić information content (AvgIpc) is 2.58. The molecule has 2 rings (SSSR count). The van der Waals surface area contributed by atoms with Gasteiger partial charge in [0.2, 0.25) is 0 Å². The molecule has 0 unspecified atom stereocenters. The molecule has 0 spiro atoms. The molecule has 0 radical (unpaired) electrons. The van der Waals surface area contributed by atoms with Gasteiger partial charge in [0, 0.05) is 5.69 Å². The largest absolute Gasteiger partial charge is 0.506 e. The molecule has 6 heteroatoms. The summed E-state index contributed by atoms with van der Waals surface area (Å²) in [6.45, 7) is 2.05. The zero-order valence-corrected chi connectivity index (χ0v) is 16.0. The van der Waals surface area contributed by atoms with Gasteiger partial charge < -0.3 is 10.4 Å². The lowest BCUT2D eigenvalue weighted by Gasteiger charge is -2.06. The van der Waals surface area contributed by atoms with Crippen molar-refractivity contribution >= 4 is 49.5 Å². The van der Waals surface area contributed by atoms with E-state index in [1.54, 1.807) is 24.3 Å². The molecular formula is C18H14Br2N2O2. The van der Waals surface area contributed by atoms with Gasteiger partial charge in [-0.05, 0) is 79.7 Å². The van der Waals surface area contributed by atoms with Crippen molar-refractivity contribution in [2.75, 3.05) is 5.32 Å². The minimum Gasteiger partial charge on any atom is -0.506 e. The van der Waals surface area contributed by atoms with Crippen LogP contribution in [0.3, 0.4) is 0 Å². The van der Waals surface area contributed by atoms with E-state index >= 15 is 0 Å². The highest BCUT2D eigenvalue weighted by Crippen LogP contribution is 2.34. The number of phenols is 1. The van der Waals surface area contributed by atoms with E-state index in [0.717, 1.165) is 6.42 Å². The number of hydrogen-bond donors (Lipinski definition) is 2. The molecule has 1 amide bonds. The minimum atomic E-state index is -0.484. The highest BCUT2D eigenvalue weighted by Gasteiger charge is 2.11. The van der Waals surface area contributed by atoms with Crippen LogP contribution >= 0.6 is 31.9 Å². The Balaban J connectivity index is 2.23. The summed E-state index contributed by atoms with van der Waals surface area (Å²) in [6, 6.07) is 12.6. The number of phenolic OH excluding ortho intramolecular Hbond substituents is 1. The Labute approximate surface area is 157 Å². The molecule has 2 N–H and O–H groups in total. The molecule has 2 aromatic carbocycles. The summed E-state index contributed by atoms with van der Waals surface area (Å²) < 4.78 is 0.937. The van der Waals surface area contributed by atoms with Crippen LogP contribution < -0.4 is 5.32 Å². The number of nitrogens with one attached hydrogen (secondary N) is 1. The van der Waals surface area contributed by atoms with Crippen LogP contribution in [0.1, 0.15) is 18.1 Å². The Kier molecular flexibility index (Phi) is 6.18. The monoisotopic (exact) mass is 448 g/mol. The molecule has 122 valence electrons. The molecule has 0 heterocycles. The van der Waals surface area contributed by atoms with E-state index in [-0.39, 0.29) is 11.3 Å². The normalized spacial score (nSPS) is 11.0. The van der Waals surface area contributed by atoms with E-state index in [1.165, 1.54) is 11.6 Å². The predicted molar refractivity (Wildman–Crippen MR) is 102 cm³/mol. The lowest BCUT2D eigenvalue weighted by Crippen LogP contribution is -2.13. The molecule has 0 atom stereocenters. The fourth-order valence-electron chi connectivity index (χ4n) is 2.01. The van der Waals surface area contributed by atoms with Gasteiger partial charge in [-0.15, -0.1) is 0 Å². The third-order valence-corrected chi connectivity index (χ3v) is 4.54. The molecular weight excluding hydrogens is 436 g/mol. The Morgan fingerprint density at radius 3 is 2.33 bits per heavy atom. The lowest BCUT2D eigenvalue weighted by atomic mass is 10.1. The fourth-order valence-corrected chi connectivity index (χ4v) is 3.23. The van der Waals surface area contributed by atoms with Gasteiger partial charge in [-0.3, -0.25) is 4.79 Å². The summed E-state index contributed by atoms with van der Waals surface area (Å²) in [6.07, 6.45) is 2.38. The van der Waals surface area contributed by atoms with Gasteiger partial charge in [-0.25, -0.2) is 0 Å². The molecule has 0 aromatic heterocycles. The highest BCUT2D eigenvalue weighted by atomic mass is 79.9. The van der Waals surface area contributed by atoms with E-state index in [2.05, 4.69) is 44.1 Å². The van der Waals surface area contributed by atoms with Crippen LogP contribution in [0.25, 0.3) is 6.08 Å². The third-order valence-electron chi connectivity index (χ3n) is 3.34. The molecule has 0 fully saturated rings. The Hall–Kier alpha value is -2.10. The van der Waals surface area contributed by atoms with Crippen molar-refractivity contribution in [3.63, 3.8) is 0 Å². The summed E-state index contributed by atoms with van der Waals surface area (Å²) in [7, 11) is 0. The topological polar surface area (TPSA) is 73.1 Å². The molecule has 0 aliphatic carbocycles. The zero-order valence-electron chi connectivity index (χ0n) is 12.8. The van der Waals surface area contributed by atoms with Crippen LogP contribution in [0.4, 0.5) is 5.69 Å². The first-order valence-electron chi connectivity index (χ1n) is 7.14. The second kappa shape index (κ2) is 8.13. The van der Waals surface area contributed by atoms with Crippen molar-refractivity contribution in [2.45, 2.75) is 13.3 Å². The molecule has 24 heavy (non-hydrogen) atoms. The molecule has 0 saturated carbocycles. The van der Waals surface area contributed by atoms with Crippen LogP contribution in [0.2, 0.25) is 0 Å². The minimum absolute atomic E-state index is 0.0287. The summed E-state index contributed by atoms with van der Waals surface area (Å²) in [4.78, 5) is 12.3. The maximum absolute atomic E-state index is 12.3. The summed E-state index contributed by atoms with van der Waals surface area (Å²) in [5, 5.41) is 21.7. The predicted octanol–water partition coefficient (Wildman–Crippen LogP) is 5.03. The van der Waals surface area contributed by atoms with Gasteiger partial charge >= 0.3 is 0 Å². The van der Waals surface area contributed by atoms with E-state index in [9.17, 15) is 15.2 Å². The smallest absolute Gasteiger partial charge is 0.266 e. The molecule has 0 saturated heterocycles. The number of carbonyl (C=O) groups excluding carboxylic acids is 1. The number of anilines is 1. The SMILES string of the molecule is CCc1ccc(NC(=O)/C(C#N)=C/c2cc(Br)c(O)c(Br)c2)cc1. The van der Waals surface area contributed by atoms with Crippen LogP contribution in [-0.4, -0.2) is 11.0 Å². The average molecular weight is 450 g/mol. The van der Waals surface area contributed by atoms with Crippen LogP contribution in [0, 0.1) is 11.3 Å². The lowest BCUT2D eigenvalue weighted by molar-refractivity contribution is -0.112. The Morgan fingerprint density at radius 1 is 1.25 bits per heavy atom. The van der Waals surface area contributed by atoms with E-state index < -0.39 is 5.91 Å². The number of nitriles is 1. The van der Waals surface area contributed by atoms with E-state index in [4.69, 9.17) is 0 Å². The van der Waals surface area contributed by atoms with Gasteiger partial charge in [0.15, 0.2) is 0 Å². The Morgan fingerprint density at radius 2 is 1.83 bits per heavy atom. The van der Waals surface area contributed by atoms with E-state index in [1.807, 2.05) is 18.2 Å². The molecule has 4 nitrogen and oxygen atoms in total. The first-order valence-corrected chi connectivity index (χ1v) is 8.73. The van der Waals surface area contributed by atoms with Gasteiger partial charge in [-0.2, -0.15) is 5.26 Å². The maximum Gasteiger partial charge on any atom is 0.266 e. The number of rotatable bonds is 4. The molecule has 0 aliphatic rings. The number of aromatic hydroxyl groups is 1. The van der Waals surface area contributed by atoms with Crippen molar-refractivity contribution in [1.82, 2.24) is 0 Å². The van der Waals surface area contributed by atoms with Crippen LogP contribution in [0.5, 0.6) is 5.75 Å². The maximum atomic E-state index is 12.3. The number of nitrogens with zero attached hydrogens (tertiary/aromatic N) is 1. The third kappa shape index (κ3) is 4.47. The number of hydrogen-bond acceptors (Lipinski definition) is 3. The van der Waals surface area contributed by atoms with Crippen molar-refractivity contribution in [3.05, 3.63) is 62.0 Å². The van der Waals surface area contributed by atoms with Gasteiger partial charge in [0.05, 0.1) is 8.95 Å². The summed E-state index contributed by atoms with van der Waals surface area (Å²) in [5.74, 6) is -0.423. The first kappa shape index (κ1) is 18.2. The second-order valence-corrected chi connectivity index (χ2v) is 6.72. The fraction of sp³-hybridized carbons (Fsp3) is 0.111. The number of aryl methyl sites for hydroxylation is 1. The molecule has 0 bridgehead atoms. The number of amides is 1. The summed E-state index contributed by atoms with van der Waals surface area (Å²) in [5.41, 5.74) is 2.38. The number of benzene rings is 2. The molecule has 0 aliphatic heterocycles. The highest BCUT2D eigenvalue weighted by molar-refractivity contribution is 9.11. The van der Waals surface area contributed by atoms with Crippen LogP contribution in [0.15, 0.2) is 50.9 Å². The van der Waals surface area contributed by atoms with Crippen molar-refractivity contribution in [2.24, 2.45) is 0 Å². The Bertz CT molecular complexity index is 814. The van der Waals surface area contributed by atoms with Gasteiger partial charge in [0.25, 0.3) is 5.91 Å². The number of carbonyl (C=O) groups is 1.